The molecule has 2 rings (SSSR count). The van der Waals surface area contributed by atoms with Gasteiger partial charge in [-0.25, -0.2) is 0 Å². The van der Waals surface area contributed by atoms with Gasteiger partial charge >= 0.3 is 0 Å². The number of piperidine rings is 1. The number of amides is 1. The third-order valence-corrected chi connectivity index (χ3v) is 3.72. The highest BCUT2D eigenvalue weighted by Crippen LogP contribution is 2.23. The first kappa shape index (κ1) is 19.4. The highest BCUT2D eigenvalue weighted by Gasteiger charge is 2.30. The normalized spacial score (nSPS) is 19.6. The van der Waals surface area contributed by atoms with Crippen LogP contribution in [0.1, 0.15) is 36.5 Å². The molecule has 1 aromatic heterocycles. The van der Waals surface area contributed by atoms with Crippen LogP contribution in [0.3, 0.4) is 0 Å². The minimum Gasteiger partial charge on any atom is -0.334 e. The monoisotopic (exact) mass is 339 g/mol. The summed E-state index contributed by atoms with van der Waals surface area (Å²) in [4.78, 5) is 18.2. The number of nitrogens with zero attached hydrogens (tertiary/aromatic N) is 2. The van der Waals surface area contributed by atoms with E-state index in [-0.39, 0.29) is 42.8 Å². The fraction of sp³-hybridized carbons (Fsp3) is 0.538. The van der Waals surface area contributed by atoms with Crippen molar-refractivity contribution in [2.75, 3.05) is 6.54 Å². The fourth-order valence-corrected chi connectivity index (χ4v) is 2.66. The van der Waals surface area contributed by atoms with E-state index >= 15 is 0 Å². The SMILES string of the molecule is CC(N)C1CCCCN1C(=O)c1ccncc1Cl.Cl.Cl. The number of hydrogen-bond acceptors (Lipinski definition) is 3. The van der Waals surface area contributed by atoms with Crippen molar-refractivity contribution >= 4 is 42.3 Å². The minimum absolute atomic E-state index is 0. The van der Waals surface area contributed by atoms with Crippen LogP contribution in [-0.2, 0) is 0 Å². The summed E-state index contributed by atoms with van der Waals surface area (Å²) >= 11 is 6.02. The van der Waals surface area contributed by atoms with E-state index in [1.54, 1.807) is 12.3 Å². The molecular weight excluding hydrogens is 321 g/mol. The second-order valence-corrected chi connectivity index (χ2v) is 5.18. The fourth-order valence-electron chi connectivity index (χ4n) is 2.46. The smallest absolute Gasteiger partial charge is 0.255 e. The summed E-state index contributed by atoms with van der Waals surface area (Å²) in [6.45, 7) is 2.70. The predicted molar refractivity (Wildman–Crippen MR) is 86.1 cm³/mol. The molecular formula is C13H20Cl3N3O. The summed E-state index contributed by atoms with van der Waals surface area (Å²) in [7, 11) is 0. The number of halogens is 3. The van der Waals surface area contributed by atoms with Gasteiger partial charge in [-0.15, -0.1) is 24.8 Å². The zero-order chi connectivity index (χ0) is 13.1. The predicted octanol–water partition coefficient (Wildman–Crippen LogP) is 2.92. The van der Waals surface area contributed by atoms with E-state index in [0.29, 0.717) is 10.6 Å². The lowest BCUT2D eigenvalue weighted by atomic mass is 9.96. The Hall–Kier alpha value is -0.550. The molecule has 2 atom stereocenters. The van der Waals surface area contributed by atoms with Gasteiger partial charge in [-0.05, 0) is 32.3 Å². The van der Waals surface area contributed by atoms with E-state index in [0.717, 1.165) is 25.8 Å². The zero-order valence-corrected chi connectivity index (χ0v) is 13.7. The van der Waals surface area contributed by atoms with Crippen LogP contribution in [0.25, 0.3) is 0 Å². The van der Waals surface area contributed by atoms with Gasteiger partial charge in [0.2, 0.25) is 0 Å². The molecule has 7 heteroatoms. The van der Waals surface area contributed by atoms with Crippen molar-refractivity contribution in [2.24, 2.45) is 5.73 Å². The number of rotatable bonds is 2. The minimum atomic E-state index is -0.0376. The molecule has 0 spiro atoms. The summed E-state index contributed by atoms with van der Waals surface area (Å²) in [6, 6.07) is 1.75. The first-order valence-electron chi connectivity index (χ1n) is 6.27. The molecule has 2 heterocycles. The number of carbonyl (C=O) groups is 1. The zero-order valence-electron chi connectivity index (χ0n) is 11.3. The van der Waals surface area contributed by atoms with Crippen molar-refractivity contribution in [1.29, 1.82) is 0 Å². The van der Waals surface area contributed by atoms with Gasteiger partial charge in [0.25, 0.3) is 5.91 Å². The quantitative estimate of drug-likeness (QED) is 0.900. The standard InChI is InChI=1S/C13H18ClN3O.2ClH/c1-9(15)12-4-2-3-7-17(12)13(18)10-5-6-16-8-11(10)14;;/h5-6,8-9,12H,2-4,7,15H2,1H3;2*1H. The Morgan fingerprint density at radius 3 is 2.80 bits per heavy atom. The lowest BCUT2D eigenvalue weighted by molar-refractivity contribution is 0.0584. The van der Waals surface area contributed by atoms with Gasteiger partial charge in [-0.2, -0.15) is 0 Å². The summed E-state index contributed by atoms with van der Waals surface area (Å²) in [5, 5.41) is 0.400. The van der Waals surface area contributed by atoms with Crippen LogP contribution in [0.5, 0.6) is 0 Å². The van der Waals surface area contributed by atoms with Crippen LogP contribution in [0, 0.1) is 0 Å². The number of likely N-dealkylation sites (tertiary alicyclic amines) is 1. The molecule has 0 saturated carbocycles. The van der Waals surface area contributed by atoms with Gasteiger partial charge in [-0.1, -0.05) is 11.6 Å². The van der Waals surface area contributed by atoms with Crippen molar-refractivity contribution in [3.8, 4) is 0 Å². The Morgan fingerprint density at radius 2 is 2.20 bits per heavy atom. The topological polar surface area (TPSA) is 59.2 Å². The van der Waals surface area contributed by atoms with Gasteiger partial charge < -0.3 is 10.6 Å². The first-order valence-corrected chi connectivity index (χ1v) is 6.65. The molecule has 0 aliphatic carbocycles. The Kier molecular flexibility index (Phi) is 8.44. The van der Waals surface area contributed by atoms with Gasteiger partial charge in [0, 0.05) is 31.0 Å². The molecule has 0 radical (unpaired) electrons. The van der Waals surface area contributed by atoms with E-state index in [2.05, 4.69) is 4.98 Å². The summed E-state index contributed by atoms with van der Waals surface area (Å²) in [5.41, 5.74) is 6.49. The van der Waals surface area contributed by atoms with Crippen molar-refractivity contribution in [2.45, 2.75) is 38.3 Å². The molecule has 114 valence electrons. The average molecular weight is 341 g/mol. The van der Waals surface area contributed by atoms with Crippen molar-refractivity contribution in [1.82, 2.24) is 9.88 Å². The van der Waals surface area contributed by atoms with Gasteiger partial charge in [0.05, 0.1) is 10.6 Å². The van der Waals surface area contributed by atoms with E-state index in [9.17, 15) is 4.79 Å². The van der Waals surface area contributed by atoms with Crippen molar-refractivity contribution in [3.63, 3.8) is 0 Å². The summed E-state index contributed by atoms with van der Waals surface area (Å²) in [6.07, 6.45) is 6.20. The number of aromatic nitrogens is 1. The molecule has 0 bridgehead atoms. The van der Waals surface area contributed by atoms with Gasteiger partial charge in [0.1, 0.15) is 0 Å². The van der Waals surface area contributed by atoms with E-state index in [1.165, 1.54) is 6.20 Å². The van der Waals surface area contributed by atoms with Crippen molar-refractivity contribution < 1.29 is 4.79 Å². The van der Waals surface area contributed by atoms with Crippen LogP contribution in [-0.4, -0.2) is 34.4 Å². The average Bonchev–Trinajstić information content (AvgIpc) is 2.38. The number of nitrogens with two attached hydrogens (primary N) is 1. The second-order valence-electron chi connectivity index (χ2n) is 4.78. The lowest BCUT2D eigenvalue weighted by Gasteiger charge is -2.38. The van der Waals surface area contributed by atoms with Gasteiger partial charge in [0.15, 0.2) is 0 Å². The molecule has 2 N–H and O–H groups in total. The maximum atomic E-state index is 12.5. The number of hydrogen-bond donors (Lipinski definition) is 1. The van der Waals surface area contributed by atoms with Crippen molar-refractivity contribution in [3.05, 3.63) is 29.0 Å². The Bertz CT molecular complexity index is 443. The summed E-state index contributed by atoms with van der Waals surface area (Å²) < 4.78 is 0. The van der Waals surface area contributed by atoms with Crippen LogP contribution < -0.4 is 5.73 Å². The molecule has 1 aliphatic heterocycles. The Morgan fingerprint density at radius 1 is 1.50 bits per heavy atom. The van der Waals surface area contributed by atoms with E-state index in [4.69, 9.17) is 17.3 Å². The molecule has 1 aliphatic rings. The molecule has 1 saturated heterocycles. The molecule has 1 fully saturated rings. The molecule has 2 unspecified atom stereocenters. The molecule has 0 aromatic carbocycles. The van der Waals surface area contributed by atoms with E-state index in [1.807, 2.05) is 11.8 Å². The van der Waals surface area contributed by atoms with Crippen LogP contribution in [0.2, 0.25) is 5.02 Å². The van der Waals surface area contributed by atoms with E-state index < -0.39 is 0 Å². The molecule has 20 heavy (non-hydrogen) atoms. The third-order valence-electron chi connectivity index (χ3n) is 3.42. The Labute approximate surface area is 136 Å². The van der Waals surface area contributed by atoms with Gasteiger partial charge in [-0.3, -0.25) is 9.78 Å². The lowest BCUT2D eigenvalue weighted by Crippen LogP contribution is -2.51. The highest BCUT2D eigenvalue weighted by molar-refractivity contribution is 6.33. The second kappa shape index (κ2) is 8.67. The molecule has 1 aromatic rings. The Balaban J connectivity index is 0.00000180. The van der Waals surface area contributed by atoms with Crippen LogP contribution in [0.4, 0.5) is 0 Å². The first-order chi connectivity index (χ1) is 8.61. The molecule has 4 nitrogen and oxygen atoms in total. The third kappa shape index (κ3) is 4.22. The highest BCUT2D eigenvalue weighted by atomic mass is 35.5. The maximum Gasteiger partial charge on any atom is 0.255 e. The number of carbonyl (C=O) groups excluding carboxylic acids is 1. The molecule has 1 amide bonds. The van der Waals surface area contributed by atoms with Crippen LogP contribution in [0.15, 0.2) is 18.5 Å². The summed E-state index contributed by atoms with van der Waals surface area (Å²) in [5.74, 6) is -0.0376. The largest absolute Gasteiger partial charge is 0.334 e. The maximum absolute atomic E-state index is 12.5. The number of pyridine rings is 1. The van der Waals surface area contributed by atoms with Crippen LogP contribution >= 0.6 is 36.4 Å².